The number of nitrogens with two attached hydrogens (primary N) is 1. The van der Waals surface area contributed by atoms with E-state index >= 15 is 0 Å². The maximum atomic E-state index is 11.9. The molecule has 4 heteroatoms. The molecule has 1 saturated heterocycles. The van der Waals surface area contributed by atoms with E-state index in [1.165, 1.54) is 0 Å². The molecule has 0 aliphatic carbocycles. The number of nitrogens with zero attached hydrogens (tertiary/aromatic N) is 1. The van der Waals surface area contributed by atoms with Gasteiger partial charge in [-0.1, -0.05) is 19.8 Å². The Kier molecular flexibility index (Phi) is 6.88. The molecule has 3 nitrogen and oxygen atoms in total. The van der Waals surface area contributed by atoms with Crippen LogP contribution in [0.5, 0.6) is 0 Å². The summed E-state index contributed by atoms with van der Waals surface area (Å²) in [5, 5.41) is 0.606. The number of carbonyl (C=O) groups is 1. The highest BCUT2D eigenvalue weighted by Crippen LogP contribution is 2.18. The maximum absolute atomic E-state index is 11.9. The van der Waals surface area contributed by atoms with Gasteiger partial charge in [-0.05, 0) is 19.4 Å². The van der Waals surface area contributed by atoms with Gasteiger partial charge in [0.25, 0.3) is 0 Å². The molecule has 0 aromatic carbocycles. The van der Waals surface area contributed by atoms with Gasteiger partial charge in [0, 0.05) is 30.5 Å². The molecule has 1 fully saturated rings. The first-order chi connectivity index (χ1) is 7.74. The lowest BCUT2D eigenvalue weighted by atomic mass is 10.1. The Morgan fingerprint density at radius 2 is 2.12 bits per heavy atom. The highest BCUT2D eigenvalue weighted by molar-refractivity contribution is 7.99. The lowest BCUT2D eigenvalue weighted by Crippen LogP contribution is -2.40. The number of carbonyl (C=O) groups excluding carboxylic acids is 1. The Hall–Kier alpha value is -0.220. The molecule has 0 bridgehead atoms. The predicted molar refractivity (Wildman–Crippen MR) is 70.6 cm³/mol. The molecule has 1 amide bonds. The molecule has 1 rings (SSSR count). The van der Waals surface area contributed by atoms with E-state index in [9.17, 15) is 4.79 Å². The Morgan fingerprint density at radius 3 is 2.81 bits per heavy atom. The number of amides is 1. The fraction of sp³-hybridized carbons (Fsp3) is 0.917. The van der Waals surface area contributed by atoms with Crippen molar-refractivity contribution in [1.29, 1.82) is 0 Å². The summed E-state index contributed by atoms with van der Waals surface area (Å²) >= 11 is 1.97. The Balaban J connectivity index is 2.09. The van der Waals surface area contributed by atoms with Crippen molar-refractivity contribution in [3.8, 4) is 0 Å². The molecule has 1 heterocycles. The van der Waals surface area contributed by atoms with Gasteiger partial charge in [-0.25, -0.2) is 0 Å². The summed E-state index contributed by atoms with van der Waals surface area (Å²) in [5.74, 6) is 1.44. The van der Waals surface area contributed by atoms with E-state index in [1.54, 1.807) is 0 Å². The van der Waals surface area contributed by atoms with Crippen LogP contribution in [0.2, 0.25) is 0 Å². The molecule has 1 aliphatic rings. The van der Waals surface area contributed by atoms with Crippen molar-refractivity contribution in [3.63, 3.8) is 0 Å². The van der Waals surface area contributed by atoms with Gasteiger partial charge in [-0.15, -0.1) is 0 Å². The van der Waals surface area contributed by atoms with Crippen LogP contribution in [0.15, 0.2) is 0 Å². The summed E-state index contributed by atoms with van der Waals surface area (Å²) < 4.78 is 0. The quantitative estimate of drug-likeness (QED) is 0.725. The third kappa shape index (κ3) is 5.21. The minimum absolute atomic E-state index is 0.347. The van der Waals surface area contributed by atoms with Gasteiger partial charge in [0.1, 0.15) is 0 Å². The van der Waals surface area contributed by atoms with E-state index in [2.05, 4.69) is 6.92 Å². The van der Waals surface area contributed by atoms with Gasteiger partial charge in [-0.3, -0.25) is 4.79 Å². The van der Waals surface area contributed by atoms with Gasteiger partial charge in [0.15, 0.2) is 0 Å². The third-order valence-corrected chi connectivity index (χ3v) is 4.07. The van der Waals surface area contributed by atoms with Gasteiger partial charge < -0.3 is 10.6 Å². The molecule has 0 aromatic rings. The second kappa shape index (κ2) is 7.96. The summed E-state index contributed by atoms with van der Waals surface area (Å²) in [7, 11) is 0. The SMILES string of the molecule is CC1CN(C(=O)CCCCCCN)CCS1. The molecule has 0 spiro atoms. The second-order valence-corrected chi connectivity index (χ2v) is 6.02. The summed E-state index contributed by atoms with van der Waals surface area (Å²) in [4.78, 5) is 13.9. The third-order valence-electron chi connectivity index (χ3n) is 2.94. The zero-order valence-electron chi connectivity index (χ0n) is 10.3. The van der Waals surface area contributed by atoms with Gasteiger partial charge in [-0.2, -0.15) is 11.8 Å². The van der Waals surface area contributed by atoms with Gasteiger partial charge in [0.05, 0.1) is 0 Å². The molecular formula is C12H24N2OS. The van der Waals surface area contributed by atoms with E-state index in [0.717, 1.165) is 57.5 Å². The first-order valence-electron chi connectivity index (χ1n) is 6.33. The van der Waals surface area contributed by atoms with Crippen LogP contribution in [0, 0.1) is 0 Å². The topological polar surface area (TPSA) is 46.3 Å². The van der Waals surface area contributed by atoms with Crippen molar-refractivity contribution in [1.82, 2.24) is 4.90 Å². The van der Waals surface area contributed by atoms with Crippen LogP contribution in [0.4, 0.5) is 0 Å². The van der Waals surface area contributed by atoms with Crippen LogP contribution in [0.25, 0.3) is 0 Å². The Labute approximate surface area is 103 Å². The molecular weight excluding hydrogens is 220 g/mol. The molecule has 1 aliphatic heterocycles. The van der Waals surface area contributed by atoms with Crippen LogP contribution in [-0.2, 0) is 4.79 Å². The zero-order valence-corrected chi connectivity index (χ0v) is 11.1. The average molecular weight is 244 g/mol. The predicted octanol–water partition coefficient (Wildman–Crippen LogP) is 1.86. The van der Waals surface area contributed by atoms with E-state index in [-0.39, 0.29) is 0 Å². The zero-order chi connectivity index (χ0) is 11.8. The largest absolute Gasteiger partial charge is 0.341 e. The monoisotopic (exact) mass is 244 g/mol. The molecule has 0 radical (unpaired) electrons. The highest BCUT2D eigenvalue weighted by Gasteiger charge is 2.20. The lowest BCUT2D eigenvalue weighted by molar-refractivity contribution is -0.131. The van der Waals surface area contributed by atoms with Crippen LogP contribution in [-0.4, -0.2) is 41.4 Å². The smallest absolute Gasteiger partial charge is 0.222 e. The van der Waals surface area contributed by atoms with E-state index in [4.69, 9.17) is 5.73 Å². The van der Waals surface area contributed by atoms with Crippen molar-refractivity contribution in [2.75, 3.05) is 25.4 Å². The summed E-state index contributed by atoms with van der Waals surface area (Å²) in [5.41, 5.74) is 5.43. The fourth-order valence-electron chi connectivity index (χ4n) is 1.98. The van der Waals surface area contributed by atoms with Crippen LogP contribution < -0.4 is 5.73 Å². The molecule has 2 N–H and O–H groups in total. The summed E-state index contributed by atoms with van der Waals surface area (Å²) in [6, 6.07) is 0. The number of hydrogen-bond acceptors (Lipinski definition) is 3. The molecule has 1 atom stereocenters. The van der Waals surface area contributed by atoms with Crippen LogP contribution in [0.1, 0.15) is 39.0 Å². The summed E-state index contributed by atoms with van der Waals surface area (Å²) in [6.45, 7) is 4.85. The molecule has 0 aromatic heterocycles. The van der Waals surface area contributed by atoms with Crippen molar-refractivity contribution in [2.24, 2.45) is 5.73 Å². The first kappa shape index (κ1) is 13.8. The molecule has 0 saturated carbocycles. The minimum Gasteiger partial charge on any atom is -0.341 e. The summed E-state index contributed by atoms with van der Waals surface area (Å²) in [6.07, 6.45) is 5.14. The van der Waals surface area contributed by atoms with Crippen molar-refractivity contribution in [3.05, 3.63) is 0 Å². The minimum atomic E-state index is 0.347. The van der Waals surface area contributed by atoms with E-state index in [0.29, 0.717) is 11.2 Å². The van der Waals surface area contributed by atoms with Crippen molar-refractivity contribution >= 4 is 17.7 Å². The normalized spacial score (nSPS) is 21.1. The second-order valence-electron chi connectivity index (χ2n) is 4.47. The molecule has 1 unspecified atom stereocenters. The van der Waals surface area contributed by atoms with Crippen LogP contribution in [0.3, 0.4) is 0 Å². The van der Waals surface area contributed by atoms with E-state index < -0.39 is 0 Å². The van der Waals surface area contributed by atoms with Crippen LogP contribution >= 0.6 is 11.8 Å². The Morgan fingerprint density at radius 1 is 1.38 bits per heavy atom. The first-order valence-corrected chi connectivity index (χ1v) is 7.38. The number of unbranched alkanes of at least 4 members (excludes halogenated alkanes) is 3. The Bertz CT molecular complexity index is 211. The number of thioether (sulfide) groups is 1. The number of hydrogen-bond donors (Lipinski definition) is 1. The average Bonchev–Trinajstić information content (AvgIpc) is 2.28. The van der Waals surface area contributed by atoms with E-state index in [1.807, 2.05) is 16.7 Å². The lowest BCUT2D eigenvalue weighted by Gasteiger charge is -2.30. The highest BCUT2D eigenvalue weighted by atomic mass is 32.2. The standard InChI is InChI=1S/C12H24N2OS/c1-11-10-14(8-9-16-11)12(15)6-4-2-3-5-7-13/h11H,2-10,13H2,1H3. The molecule has 16 heavy (non-hydrogen) atoms. The molecule has 94 valence electrons. The van der Waals surface area contributed by atoms with Crippen molar-refractivity contribution in [2.45, 2.75) is 44.3 Å². The fourth-order valence-corrected chi connectivity index (χ4v) is 2.99. The maximum Gasteiger partial charge on any atom is 0.222 e. The van der Waals surface area contributed by atoms with Crippen molar-refractivity contribution < 1.29 is 4.79 Å². The van der Waals surface area contributed by atoms with Gasteiger partial charge in [0.2, 0.25) is 5.91 Å². The van der Waals surface area contributed by atoms with Gasteiger partial charge >= 0.3 is 0 Å². The number of rotatable bonds is 6.